The number of hydrogen-bond donors (Lipinski definition) is 2. The number of hydrogen-bond acceptors (Lipinski definition) is 2. The molecule has 1 atom stereocenters. The lowest BCUT2D eigenvalue weighted by Crippen LogP contribution is -2.25. The molecule has 1 aromatic heterocycles. The lowest BCUT2D eigenvalue weighted by atomic mass is 9.72. The van der Waals surface area contributed by atoms with E-state index in [1.54, 1.807) is 0 Å². The lowest BCUT2D eigenvalue weighted by Gasteiger charge is -2.33. The van der Waals surface area contributed by atoms with Gasteiger partial charge in [0.1, 0.15) is 0 Å². The van der Waals surface area contributed by atoms with Crippen molar-refractivity contribution < 1.29 is 0 Å². The molecule has 1 saturated carbocycles. The first kappa shape index (κ1) is 20.1. The third kappa shape index (κ3) is 4.53. The molecular weight excluding hydrogens is 376 g/mol. The van der Waals surface area contributed by atoms with E-state index in [0.717, 1.165) is 36.4 Å². The molecule has 0 bridgehead atoms. The molecule has 2 aliphatic rings. The number of aryl methyl sites for hydroxylation is 1. The van der Waals surface area contributed by atoms with Crippen LogP contribution in [0.3, 0.4) is 0 Å². The molecule has 4 heteroatoms. The summed E-state index contributed by atoms with van der Waals surface area (Å²) in [6.45, 7) is 2.17. The summed E-state index contributed by atoms with van der Waals surface area (Å²) in [5, 5.41) is 0. The second-order valence-electron chi connectivity index (χ2n) is 8.42. The molecule has 0 radical (unpaired) electrons. The average Bonchev–Trinajstić information content (AvgIpc) is 2.76. The van der Waals surface area contributed by atoms with Crippen LogP contribution in [0.25, 0.3) is 0 Å². The Bertz CT molecular complexity index is 1020. The number of allylic oxidation sites excluding steroid dienone is 4. The summed E-state index contributed by atoms with van der Waals surface area (Å²) < 4.78 is 0.444. The number of rotatable bonds is 5. The van der Waals surface area contributed by atoms with Crippen molar-refractivity contribution in [3.63, 3.8) is 0 Å². The topological polar surface area (TPSA) is 48.6 Å². The van der Waals surface area contributed by atoms with Crippen LogP contribution in [0.1, 0.15) is 67.3 Å². The zero-order valence-corrected chi connectivity index (χ0v) is 17.9. The highest BCUT2D eigenvalue weighted by Crippen LogP contribution is 2.40. The van der Waals surface area contributed by atoms with Gasteiger partial charge in [-0.1, -0.05) is 55.5 Å². The number of nitrogens with one attached hydrogen (secondary N) is 2. The van der Waals surface area contributed by atoms with Gasteiger partial charge in [0.15, 0.2) is 4.77 Å². The summed E-state index contributed by atoms with van der Waals surface area (Å²) in [7, 11) is 0. The molecule has 29 heavy (non-hydrogen) atoms. The summed E-state index contributed by atoms with van der Waals surface area (Å²) in [4.78, 5) is 19.1. The predicted octanol–water partition coefficient (Wildman–Crippen LogP) is 5.99. The molecule has 2 aromatic rings. The van der Waals surface area contributed by atoms with Crippen molar-refractivity contribution in [1.82, 2.24) is 9.97 Å². The molecule has 4 rings (SSSR count). The molecule has 0 aliphatic heterocycles. The van der Waals surface area contributed by atoms with Gasteiger partial charge in [-0.2, -0.15) is 0 Å². The minimum atomic E-state index is -0.0304. The first-order valence-corrected chi connectivity index (χ1v) is 11.3. The van der Waals surface area contributed by atoms with E-state index < -0.39 is 0 Å². The van der Waals surface area contributed by atoms with Crippen molar-refractivity contribution >= 4 is 12.2 Å². The Balaban J connectivity index is 1.58. The van der Waals surface area contributed by atoms with Gasteiger partial charge < -0.3 is 4.98 Å². The van der Waals surface area contributed by atoms with Crippen molar-refractivity contribution in [2.45, 2.75) is 57.8 Å². The fourth-order valence-corrected chi connectivity index (χ4v) is 5.31. The highest BCUT2D eigenvalue weighted by Gasteiger charge is 2.29. The molecule has 152 valence electrons. The molecule has 1 fully saturated rings. The Morgan fingerprint density at radius 3 is 2.48 bits per heavy atom. The van der Waals surface area contributed by atoms with E-state index in [2.05, 4.69) is 65.5 Å². The molecule has 0 saturated heterocycles. The summed E-state index contributed by atoms with van der Waals surface area (Å²) in [6, 6.07) is 8.43. The van der Waals surface area contributed by atoms with Crippen LogP contribution < -0.4 is 5.56 Å². The van der Waals surface area contributed by atoms with Crippen molar-refractivity contribution in [3.05, 3.63) is 86.1 Å². The number of benzene rings is 1. The van der Waals surface area contributed by atoms with E-state index in [9.17, 15) is 4.79 Å². The first-order chi connectivity index (χ1) is 14.2. The zero-order chi connectivity index (χ0) is 20.2. The molecule has 0 amide bonds. The lowest BCUT2D eigenvalue weighted by molar-refractivity contribution is 0.262. The first-order valence-electron chi connectivity index (χ1n) is 10.9. The van der Waals surface area contributed by atoms with E-state index in [-0.39, 0.29) is 5.56 Å². The van der Waals surface area contributed by atoms with Gasteiger partial charge in [0.2, 0.25) is 0 Å². The van der Waals surface area contributed by atoms with E-state index in [1.807, 2.05) is 0 Å². The van der Waals surface area contributed by atoms with Gasteiger partial charge in [0.25, 0.3) is 5.56 Å². The average molecular weight is 407 g/mol. The Morgan fingerprint density at radius 2 is 1.79 bits per heavy atom. The Hall–Kier alpha value is -2.20. The van der Waals surface area contributed by atoms with Crippen LogP contribution in [0.2, 0.25) is 0 Å². The standard InChI is InChI=1S/C25H30N2OS/c1-2-17-8-6-7-11-21(17)16-22-23(26-25(29)27-24(22)28)20-14-12-19(13-15-20)18-9-4-3-5-10-18/h3-9,11,18-20H,2,10,12-16H2,1H3,(H2,26,27,28,29). The van der Waals surface area contributed by atoms with Gasteiger partial charge >= 0.3 is 0 Å². The minimum absolute atomic E-state index is 0.0304. The highest BCUT2D eigenvalue weighted by molar-refractivity contribution is 7.71. The second-order valence-corrected chi connectivity index (χ2v) is 8.83. The fourth-order valence-electron chi connectivity index (χ4n) is 5.10. The van der Waals surface area contributed by atoms with Crippen LogP contribution >= 0.6 is 12.2 Å². The molecule has 1 aromatic carbocycles. The molecular formula is C25H30N2OS. The maximum absolute atomic E-state index is 12.9. The van der Waals surface area contributed by atoms with Gasteiger partial charge in [0, 0.05) is 17.7 Å². The van der Waals surface area contributed by atoms with Gasteiger partial charge in [-0.05, 0) is 79.6 Å². The van der Waals surface area contributed by atoms with Crippen LogP contribution in [0.15, 0.2) is 53.4 Å². The Morgan fingerprint density at radius 1 is 1.03 bits per heavy atom. The summed E-state index contributed by atoms with van der Waals surface area (Å²) in [6.07, 6.45) is 16.5. The summed E-state index contributed by atoms with van der Waals surface area (Å²) in [5.41, 5.74) is 4.45. The maximum Gasteiger partial charge on any atom is 0.255 e. The maximum atomic E-state index is 12.9. The Kier molecular flexibility index (Phi) is 6.29. The van der Waals surface area contributed by atoms with E-state index in [0.29, 0.717) is 23.0 Å². The van der Waals surface area contributed by atoms with Crippen molar-refractivity contribution in [2.24, 2.45) is 11.8 Å². The summed E-state index contributed by atoms with van der Waals surface area (Å²) in [5.74, 6) is 1.82. The molecule has 2 N–H and O–H groups in total. The molecule has 0 spiro atoms. The van der Waals surface area contributed by atoms with Crippen molar-refractivity contribution in [2.75, 3.05) is 0 Å². The number of aromatic nitrogens is 2. The van der Waals surface area contributed by atoms with Crippen LogP contribution in [0.4, 0.5) is 0 Å². The monoisotopic (exact) mass is 406 g/mol. The van der Waals surface area contributed by atoms with E-state index in [1.165, 1.54) is 30.4 Å². The van der Waals surface area contributed by atoms with Crippen LogP contribution in [-0.2, 0) is 12.8 Å². The Labute approximate surface area is 178 Å². The normalized spacial score (nSPS) is 24.0. The van der Waals surface area contributed by atoms with Crippen molar-refractivity contribution in [3.8, 4) is 0 Å². The quantitative estimate of drug-likeness (QED) is 0.599. The molecule has 1 unspecified atom stereocenters. The van der Waals surface area contributed by atoms with Gasteiger partial charge in [-0.15, -0.1) is 0 Å². The fraction of sp³-hybridized carbons (Fsp3) is 0.440. The van der Waals surface area contributed by atoms with Gasteiger partial charge in [-0.25, -0.2) is 0 Å². The van der Waals surface area contributed by atoms with Crippen LogP contribution in [0, 0.1) is 16.6 Å². The van der Waals surface area contributed by atoms with E-state index in [4.69, 9.17) is 12.2 Å². The second kappa shape index (κ2) is 9.08. The SMILES string of the molecule is CCc1ccccc1Cc1c(C2CCC(C3C=CC=CC3)CC2)[nH]c(=S)[nH]c1=O. The van der Waals surface area contributed by atoms with Crippen LogP contribution in [-0.4, -0.2) is 9.97 Å². The van der Waals surface area contributed by atoms with Crippen LogP contribution in [0.5, 0.6) is 0 Å². The minimum Gasteiger partial charge on any atom is -0.335 e. The van der Waals surface area contributed by atoms with Crippen molar-refractivity contribution in [1.29, 1.82) is 0 Å². The number of H-pyrrole nitrogens is 2. The molecule has 3 nitrogen and oxygen atoms in total. The zero-order valence-electron chi connectivity index (χ0n) is 17.1. The molecule has 1 heterocycles. The highest BCUT2D eigenvalue weighted by atomic mass is 32.1. The third-order valence-corrected chi connectivity index (χ3v) is 6.94. The smallest absolute Gasteiger partial charge is 0.255 e. The number of aromatic amines is 2. The third-order valence-electron chi connectivity index (χ3n) is 6.74. The predicted molar refractivity (Wildman–Crippen MR) is 122 cm³/mol. The molecule has 2 aliphatic carbocycles. The van der Waals surface area contributed by atoms with Gasteiger partial charge in [-0.3, -0.25) is 9.78 Å². The van der Waals surface area contributed by atoms with E-state index >= 15 is 0 Å². The van der Waals surface area contributed by atoms with Gasteiger partial charge in [0.05, 0.1) is 0 Å². The largest absolute Gasteiger partial charge is 0.335 e. The summed E-state index contributed by atoms with van der Waals surface area (Å²) >= 11 is 5.33.